The Balaban J connectivity index is 0.00000364. The van der Waals surface area contributed by atoms with Gasteiger partial charge in [-0.25, -0.2) is 4.99 Å². The van der Waals surface area contributed by atoms with Gasteiger partial charge in [0.1, 0.15) is 0 Å². The lowest BCUT2D eigenvalue weighted by Gasteiger charge is -2.16. The van der Waals surface area contributed by atoms with Crippen molar-refractivity contribution in [1.29, 1.82) is 0 Å². The average molecular weight is 488 g/mol. The van der Waals surface area contributed by atoms with Gasteiger partial charge in [-0.2, -0.15) is 0 Å². The van der Waals surface area contributed by atoms with Crippen LogP contribution in [-0.4, -0.2) is 43.7 Å². The number of carbonyl (C=O) groups is 1. The number of hydrogen-bond acceptors (Lipinski definition) is 3. The number of guanidine groups is 1. The molecule has 3 N–H and O–H groups in total. The van der Waals surface area contributed by atoms with Crippen molar-refractivity contribution in [3.8, 4) is 0 Å². The van der Waals surface area contributed by atoms with Gasteiger partial charge >= 0.3 is 0 Å². The van der Waals surface area contributed by atoms with Gasteiger partial charge < -0.3 is 20.7 Å². The highest BCUT2D eigenvalue weighted by atomic mass is 127. The molecule has 1 amide bonds. The Hall–Kier alpha value is -1.35. The van der Waals surface area contributed by atoms with E-state index in [4.69, 9.17) is 4.74 Å². The summed E-state index contributed by atoms with van der Waals surface area (Å²) in [5.41, 5.74) is 1.67. The number of amides is 1. The minimum absolute atomic E-state index is 0. The molecule has 0 spiro atoms. The quantitative estimate of drug-likeness (QED) is 0.299. The molecule has 7 heteroatoms. The van der Waals surface area contributed by atoms with E-state index in [-0.39, 0.29) is 36.0 Å². The van der Waals surface area contributed by atoms with Crippen LogP contribution in [-0.2, 0) is 11.3 Å². The molecule has 152 valence electrons. The molecular formula is C20H33IN4O2. The average Bonchev–Trinajstić information content (AvgIpc) is 3.18. The van der Waals surface area contributed by atoms with E-state index >= 15 is 0 Å². The highest BCUT2D eigenvalue weighted by Gasteiger charge is 2.16. The monoisotopic (exact) mass is 488 g/mol. The van der Waals surface area contributed by atoms with Crippen molar-refractivity contribution in [2.24, 2.45) is 4.99 Å². The van der Waals surface area contributed by atoms with E-state index in [0.717, 1.165) is 43.9 Å². The van der Waals surface area contributed by atoms with Gasteiger partial charge in [-0.05, 0) is 50.8 Å². The van der Waals surface area contributed by atoms with Crippen molar-refractivity contribution in [2.75, 3.05) is 19.7 Å². The molecule has 1 heterocycles. The van der Waals surface area contributed by atoms with Crippen LogP contribution in [0.2, 0.25) is 0 Å². The van der Waals surface area contributed by atoms with E-state index in [1.54, 1.807) is 0 Å². The first kappa shape index (κ1) is 23.7. The maximum absolute atomic E-state index is 12.4. The molecule has 2 atom stereocenters. The summed E-state index contributed by atoms with van der Waals surface area (Å²) in [6, 6.07) is 8.00. The van der Waals surface area contributed by atoms with Gasteiger partial charge in [-0.3, -0.25) is 4.79 Å². The molecule has 0 aliphatic carbocycles. The Kier molecular flexibility index (Phi) is 11.3. The molecule has 1 aliphatic heterocycles. The van der Waals surface area contributed by atoms with Crippen molar-refractivity contribution in [3.63, 3.8) is 0 Å². The zero-order chi connectivity index (χ0) is 18.8. The summed E-state index contributed by atoms with van der Waals surface area (Å²) in [7, 11) is 0. The number of nitrogens with one attached hydrogen (secondary N) is 3. The fourth-order valence-electron chi connectivity index (χ4n) is 2.75. The third kappa shape index (κ3) is 8.47. The van der Waals surface area contributed by atoms with Crippen molar-refractivity contribution in [3.05, 3.63) is 35.4 Å². The minimum atomic E-state index is -0.0593. The molecule has 2 rings (SSSR count). The SMILES string of the molecule is CCNC(=NCc1cccc(C(=O)NCC2CCCO2)c1)NC(C)CC.I. The first-order valence-corrected chi connectivity index (χ1v) is 9.66. The Morgan fingerprint density at radius 1 is 1.33 bits per heavy atom. The molecule has 27 heavy (non-hydrogen) atoms. The standard InChI is InChI=1S/C20H32N4O2.HI/c1-4-15(3)24-20(21-5-2)23-13-16-8-6-9-17(12-16)19(25)22-14-18-10-7-11-26-18;/h6,8-9,12,15,18H,4-5,7,10-11,13-14H2,1-3H3,(H,22,25)(H2,21,23,24);1H. The summed E-state index contributed by atoms with van der Waals surface area (Å²) in [6.45, 7) is 9.03. The fraction of sp³-hybridized carbons (Fsp3) is 0.600. The second-order valence-corrected chi connectivity index (χ2v) is 6.69. The molecule has 1 aromatic rings. The van der Waals surface area contributed by atoms with Crippen LogP contribution in [0.4, 0.5) is 0 Å². The van der Waals surface area contributed by atoms with Crippen LogP contribution in [0.25, 0.3) is 0 Å². The third-order valence-electron chi connectivity index (χ3n) is 4.46. The minimum Gasteiger partial charge on any atom is -0.376 e. The first-order chi connectivity index (χ1) is 12.6. The van der Waals surface area contributed by atoms with Gasteiger partial charge in [0.15, 0.2) is 5.96 Å². The van der Waals surface area contributed by atoms with E-state index < -0.39 is 0 Å². The van der Waals surface area contributed by atoms with E-state index in [9.17, 15) is 4.79 Å². The molecular weight excluding hydrogens is 455 g/mol. The number of halogens is 1. The number of benzene rings is 1. The van der Waals surface area contributed by atoms with E-state index in [1.807, 2.05) is 31.2 Å². The van der Waals surface area contributed by atoms with Crippen molar-refractivity contribution >= 4 is 35.8 Å². The molecule has 1 fully saturated rings. The Morgan fingerprint density at radius 3 is 2.81 bits per heavy atom. The predicted octanol–water partition coefficient (Wildman–Crippen LogP) is 3.07. The van der Waals surface area contributed by atoms with Gasteiger partial charge in [0, 0.05) is 31.3 Å². The number of nitrogens with zero attached hydrogens (tertiary/aromatic N) is 1. The van der Waals surface area contributed by atoms with E-state index in [1.165, 1.54) is 0 Å². The summed E-state index contributed by atoms with van der Waals surface area (Å²) in [5.74, 6) is 0.742. The first-order valence-electron chi connectivity index (χ1n) is 9.66. The molecule has 6 nitrogen and oxygen atoms in total. The lowest BCUT2D eigenvalue weighted by molar-refractivity contribution is 0.0857. The molecule has 0 radical (unpaired) electrons. The second-order valence-electron chi connectivity index (χ2n) is 6.69. The Bertz CT molecular complexity index is 603. The topological polar surface area (TPSA) is 74.8 Å². The Morgan fingerprint density at radius 2 is 2.15 bits per heavy atom. The van der Waals surface area contributed by atoms with Crippen LogP contribution in [0.15, 0.2) is 29.3 Å². The largest absolute Gasteiger partial charge is 0.376 e. The molecule has 0 bridgehead atoms. The number of hydrogen-bond donors (Lipinski definition) is 3. The van der Waals surface area contributed by atoms with Gasteiger partial charge in [0.2, 0.25) is 0 Å². The maximum Gasteiger partial charge on any atom is 0.251 e. The molecule has 1 aromatic carbocycles. The highest BCUT2D eigenvalue weighted by Crippen LogP contribution is 2.11. The second kappa shape index (κ2) is 12.9. The zero-order valence-electron chi connectivity index (χ0n) is 16.6. The summed E-state index contributed by atoms with van der Waals surface area (Å²) < 4.78 is 5.55. The third-order valence-corrected chi connectivity index (χ3v) is 4.46. The fourth-order valence-corrected chi connectivity index (χ4v) is 2.75. The summed E-state index contributed by atoms with van der Waals surface area (Å²) >= 11 is 0. The van der Waals surface area contributed by atoms with Crippen LogP contribution in [0, 0.1) is 0 Å². The smallest absolute Gasteiger partial charge is 0.251 e. The van der Waals surface area contributed by atoms with Crippen molar-refractivity contribution < 1.29 is 9.53 Å². The lowest BCUT2D eigenvalue weighted by Crippen LogP contribution is -2.41. The number of carbonyl (C=O) groups excluding carboxylic acids is 1. The number of ether oxygens (including phenoxy) is 1. The predicted molar refractivity (Wildman–Crippen MR) is 121 cm³/mol. The van der Waals surface area contributed by atoms with E-state index in [0.29, 0.717) is 24.7 Å². The van der Waals surface area contributed by atoms with Gasteiger partial charge in [0.05, 0.1) is 12.6 Å². The molecule has 0 aromatic heterocycles. The molecule has 1 saturated heterocycles. The van der Waals surface area contributed by atoms with Crippen LogP contribution in [0.5, 0.6) is 0 Å². The summed E-state index contributed by atoms with van der Waals surface area (Å²) in [5, 5.41) is 9.59. The van der Waals surface area contributed by atoms with Crippen LogP contribution in [0.1, 0.15) is 56.0 Å². The van der Waals surface area contributed by atoms with Gasteiger partial charge in [-0.1, -0.05) is 19.1 Å². The maximum atomic E-state index is 12.4. The number of aliphatic imine (C=N–C) groups is 1. The van der Waals surface area contributed by atoms with Crippen molar-refractivity contribution in [1.82, 2.24) is 16.0 Å². The highest BCUT2D eigenvalue weighted by molar-refractivity contribution is 14.0. The van der Waals surface area contributed by atoms with Crippen molar-refractivity contribution in [2.45, 2.75) is 58.7 Å². The normalized spacial score (nSPS) is 17.7. The van der Waals surface area contributed by atoms with Gasteiger partial charge in [0.25, 0.3) is 5.91 Å². The Labute approximate surface area is 179 Å². The zero-order valence-corrected chi connectivity index (χ0v) is 18.9. The lowest BCUT2D eigenvalue weighted by atomic mass is 10.1. The van der Waals surface area contributed by atoms with E-state index in [2.05, 4.69) is 34.8 Å². The molecule has 1 aliphatic rings. The summed E-state index contributed by atoms with van der Waals surface area (Å²) in [4.78, 5) is 17.0. The summed E-state index contributed by atoms with van der Waals surface area (Å²) in [6.07, 6.45) is 3.28. The molecule has 2 unspecified atom stereocenters. The van der Waals surface area contributed by atoms with Crippen LogP contribution in [0.3, 0.4) is 0 Å². The van der Waals surface area contributed by atoms with Crippen LogP contribution >= 0.6 is 24.0 Å². The number of rotatable bonds is 8. The van der Waals surface area contributed by atoms with Gasteiger partial charge in [-0.15, -0.1) is 24.0 Å². The van der Waals surface area contributed by atoms with Crippen LogP contribution < -0.4 is 16.0 Å². The molecule has 0 saturated carbocycles.